The highest BCUT2D eigenvalue weighted by Crippen LogP contribution is 2.30. The minimum absolute atomic E-state index is 0.154. The zero-order valence-corrected chi connectivity index (χ0v) is 17.5. The average molecular weight is 400 g/mol. The first-order valence-corrected chi connectivity index (χ1v) is 11.4. The van der Waals surface area contributed by atoms with Gasteiger partial charge in [-0.2, -0.15) is 11.8 Å². The number of ether oxygens (including phenoxy) is 2. The van der Waals surface area contributed by atoms with Crippen molar-refractivity contribution in [2.24, 2.45) is 0 Å². The van der Waals surface area contributed by atoms with E-state index in [2.05, 4.69) is 29.2 Å². The van der Waals surface area contributed by atoms with Gasteiger partial charge in [0.1, 0.15) is 5.75 Å². The molecule has 5 heteroatoms. The van der Waals surface area contributed by atoms with Gasteiger partial charge < -0.3 is 14.4 Å². The van der Waals surface area contributed by atoms with E-state index in [0.29, 0.717) is 6.04 Å². The highest BCUT2D eigenvalue weighted by atomic mass is 32.2. The molecule has 0 bridgehead atoms. The Morgan fingerprint density at radius 2 is 2.07 bits per heavy atom. The molecule has 0 N–H and O–H groups in total. The molecule has 2 aliphatic heterocycles. The molecule has 0 aromatic heterocycles. The summed E-state index contributed by atoms with van der Waals surface area (Å²) < 4.78 is 11.2. The van der Waals surface area contributed by atoms with E-state index in [1.807, 2.05) is 30.8 Å². The van der Waals surface area contributed by atoms with Crippen LogP contribution in [0.2, 0.25) is 0 Å². The second-order valence-corrected chi connectivity index (χ2v) is 8.99. The second-order valence-electron chi connectivity index (χ2n) is 7.84. The van der Waals surface area contributed by atoms with Crippen LogP contribution in [0, 0.1) is 0 Å². The van der Waals surface area contributed by atoms with Crippen molar-refractivity contribution in [1.82, 2.24) is 4.90 Å². The van der Waals surface area contributed by atoms with Gasteiger partial charge in [0.25, 0.3) is 0 Å². The molecule has 2 saturated heterocycles. The first kappa shape index (κ1) is 19.6. The van der Waals surface area contributed by atoms with Gasteiger partial charge in [-0.15, -0.1) is 0 Å². The third-order valence-corrected chi connectivity index (χ3v) is 7.14. The molecule has 0 spiro atoms. The van der Waals surface area contributed by atoms with Gasteiger partial charge in [0.15, 0.2) is 0 Å². The van der Waals surface area contributed by atoms with Crippen LogP contribution in [-0.2, 0) is 9.53 Å². The van der Waals surface area contributed by atoms with Crippen molar-refractivity contribution in [2.75, 3.05) is 31.8 Å². The Morgan fingerprint density at radius 1 is 1.25 bits per heavy atom. The van der Waals surface area contributed by atoms with Crippen LogP contribution in [0.4, 0.5) is 0 Å². The quantitative estimate of drug-likeness (QED) is 0.719. The van der Waals surface area contributed by atoms with Gasteiger partial charge in [-0.05, 0) is 60.4 Å². The summed E-state index contributed by atoms with van der Waals surface area (Å²) in [6.07, 6.45) is 3.46. The number of carbonyl (C=O) groups is 1. The van der Waals surface area contributed by atoms with Crippen molar-refractivity contribution in [3.05, 3.63) is 42.0 Å². The molecule has 2 aromatic rings. The third kappa shape index (κ3) is 4.15. The van der Waals surface area contributed by atoms with E-state index >= 15 is 0 Å². The molecule has 28 heavy (non-hydrogen) atoms. The lowest BCUT2D eigenvalue weighted by Crippen LogP contribution is -2.46. The van der Waals surface area contributed by atoms with E-state index in [1.54, 1.807) is 7.11 Å². The van der Waals surface area contributed by atoms with Crippen molar-refractivity contribution in [3.63, 3.8) is 0 Å². The maximum atomic E-state index is 13.5. The van der Waals surface area contributed by atoms with Crippen molar-refractivity contribution in [1.29, 1.82) is 0 Å². The number of hydrogen-bond donors (Lipinski definition) is 0. The maximum absolute atomic E-state index is 13.5. The summed E-state index contributed by atoms with van der Waals surface area (Å²) in [5, 5.41) is 2.27. The Balaban J connectivity index is 1.55. The predicted molar refractivity (Wildman–Crippen MR) is 115 cm³/mol. The number of rotatable bonds is 6. The van der Waals surface area contributed by atoms with Crippen LogP contribution < -0.4 is 4.74 Å². The van der Waals surface area contributed by atoms with Crippen molar-refractivity contribution >= 4 is 28.4 Å². The number of hydrogen-bond acceptors (Lipinski definition) is 4. The molecule has 2 fully saturated rings. The first-order chi connectivity index (χ1) is 13.7. The van der Waals surface area contributed by atoms with Gasteiger partial charge in [0.05, 0.1) is 19.1 Å². The normalized spacial score (nSPS) is 23.1. The summed E-state index contributed by atoms with van der Waals surface area (Å²) in [6, 6.07) is 12.7. The lowest BCUT2D eigenvalue weighted by atomic mass is 9.95. The Kier molecular flexibility index (Phi) is 6.12. The number of fused-ring (bicyclic) bond motifs is 1. The average Bonchev–Trinajstić information content (AvgIpc) is 3.44. The molecule has 0 radical (unpaired) electrons. The Labute approximate surface area is 171 Å². The van der Waals surface area contributed by atoms with E-state index in [9.17, 15) is 4.79 Å². The smallest absolute Gasteiger partial charge is 0.230 e. The third-order valence-electron chi connectivity index (χ3n) is 6.00. The fraction of sp³-hybridized carbons (Fsp3) is 0.522. The highest BCUT2D eigenvalue weighted by molar-refractivity contribution is 7.99. The molecule has 2 aromatic carbocycles. The first-order valence-electron chi connectivity index (χ1n) is 10.2. The lowest BCUT2D eigenvalue weighted by molar-refractivity contribution is -0.136. The topological polar surface area (TPSA) is 38.8 Å². The van der Waals surface area contributed by atoms with Crippen molar-refractivity contribution in [3.8, 4) is 5.75 Å². The van der Waals surface area contributed by atoms with E-state index in [4.69, 9.17) is 9.47 Å². The summed E-state index contributed by atoms with van der Waals surface area (Å²) in [4.78, 5) is 15.6. The van der Waals surface area contributed by atoms with Crippen LogP contribution in [0.5, 0.6) is 5.75 Å². The van der Waals surface area contributed by atoms with Gasteiger partial charge in [-0.3, -0.25) is 4.79 Å². The fourth-order valence-corrected chi connectivity index (χ4v) is 5.45. The molecule has 1 amide bonds. The minimum Gasteiger partial charge on any atom is -0.497 e. The largest absolute Gasteiger partial charge is 0.497 e. The Hall–Kier alpha value is -1.72. The number of methoxy groups -OCH3 is 1. The maximum Gasteiger partial charge on any atom is 0.230 e. The van der Waals surface area contributed by atoms with Gasteiger partial charge in [-0.25, -0.2) is 0 Å². The standard InChI is InChI=1S/C23H29NO3S/c1-16(17-5-6-19-13-21(26-2)8-7-18(19)12-17)23(25)24(20-9-11-28-15-20)14-22-4-3-10-27-22/h5-8,12-13,16,20,22H,3-4,9-11,14-15H2,1-2H3/t16-,20?,22?/m0/s1. The van der Waals surface area contributed by atoms with Crippen LogP contribution in [0.15, 0.2) is 36.4 Å². The minimum atomic E-state index is -0.154. The molecular formula is C23H29NO3S. The molecule has 0 aliphatic carbocycles. The van der Waals surface area contributed by atoms with E-state index in [1.165, 1.54) is 0 Å². The number of amides is 1. The van der Waals surface area contributed by atoms with Crippen LogP contribution in [0.3, 0.4) is 0 Å². The monoisotopic (exact) mass is 399 g/mol. The number of nitrogens with zero attached hydrogens (tertiary/aromatic N) is 1. The molecule has 3 atom stereocenters. The fourth-order valence-electron chi connectivity index (χ4n) is 4.22. The molecule has 2 aliphatic rings. The zero-order chi connectivity index (χ0) is 19.5. The van der Waals surface area contributed by atoms with Gasteiger partial charge in [-0.1, -0.05) is 24.3 Å². The van der Waals surface area contributed by atoms with Crippen LogP contribution in [0.1, 0.15) is 37.7 Å². The molecule has 150 valence electrons. The number of carbonyl (C=O) groups excluding carboxylic acids is 1. The van der Waals surface area contributed by atoms with E-state index in [-0.39, 0.29) is 17.9 Å². The Bertz CT molecular complexity index is 828. The summed E-state index contributed by atoms with van der Waals surface area (Å²) in [7, 11) is 1.68. The van der Waals surface area contributed by atoms with Crippen molar-refractivity contribution < 1.29 is 14.3 Å². The molecule has 0 saturated carbocycles. The predicted octanol–water partition coefficient (Wildman–Crippen LogP) is 4.47. The number of benzene rings is 2. The van der Waals surface area contributed by atoms with Gasteiger partial charge in [0, 0.05) is 24.9 Å². The summed E-state index contributed by atoms with van der Waals surface area (Å²) >= 11 is 1.95. The molecular weight excluding hydrogens is 370 g/mol. The highest BCUT2D eigenvalue weighted by Gasteiger charge is 2.33. The molecule has 4 rings (SSSR count). The molecule has 2 unspecified atom stereocenters. The SMILES string of the molecule is COc1ccc2cc([C@H](C)C(=O)N(CC3CCCO3)C3CCSC3)ccc2c1. The van der Waals surface area contributed by atoms with Gasteiger partial charge in [0.2, 0.25) is 5.91 Å². The number of thioether (sulfide) groups is 1. The van der Waals surface area contributed by atoms with Gasteiger partial charge >= 0.3 is 0 Å². The van der Waals surface area contributed by atoms with Crippen LogP contribution in [0.25, 0.3) is 10.8 Å². The molecule has 4 nitrogen and oxygen atoms in total. The van der Waals surface area contributed by atoms with Crippen LogP contribution >= 0.6 is 11.8 Å². The van der Waals surface area contributed by atoms with E-state index < -0.39 is 0 Å². The zero-order valence-electron chi connectivity index (χ0n) is 16.7. The second kappa shape index (κ2) is 8.75. The summed E-state index contributed by atoms with van der Waals surface area (Å²) in [5.41, 5.74) is 1.07. The summed E-state index contributed by atoms with van der Waals surface area (Å²) in [5.74, 6) is 3.12. The van der Waals surface area contributed by atoms with E-state index in [0.717, 1.165) is 66.0 Å². The lowest BCUT2D eigenvalue weighted by Gasteiger charge is -2.33. The Morgan fingerprint density at radius 3 is 2.79 bits per heavy atom. The van der Waals surface area contributed by atoms with Crippen molar-refractivity contribution in [2.45, 2.75) is 44.2 Å². The van der Waals surface area contributed by atoms with Crippen LogP contribution in [-0.4, -0.2) is 54.7 Å². The molecule has 2 heterocycles. The summed E-state index contributed by atoms with van der Waals surface area (Å²) in [6.45, 7) is 3.60.